The molecule has 2 N–H and O–H groups in total. The van der Waals surface area contributed by atoms with Crippen molar-refractivity contribution in [3.05, 3.63) is 23.8 Å². The van der Waals surface area contributed by atoms with Crippen molar-refractivity contribution in [2.24, 2.45) is 7.05 Å². The Hall–Kier alpha value is -2.31. The summed E-state index contributed by atoms with van der Waals surface area (Å²) in [4.78, 5) is 8.40. The molecule has 0 atom stereocenters. The molecule has 0 aliphatic heterocycles. The van der Waals surface area contributed by atoms with Gasteiger partial charge in [-0.1, -0.05) is 0 Å². The Morgan fingerprint density at radius 2 is 1.95 bits per heavy atom. The monoisotopic (exact) mass is 276 g/mol. The number of anilines is 2. The van der Waals surface area contributed by atoms with Crippen LogP contribution in [-0.4, -0.2) is 33.4 Å². The Bertz CT molecular complexity index is 580. The first kappa shape index (κ1) is 14.1. The minimum absolute atomic E-state index is 0.621. The molecule has 0 saturated carbocycles. The van der Waals surface area contributed by atoms with Crippen LogP contribution in [0.5, 0.6) is 5.75 Å². The fourth-order valence-corrected chi connectivity index (χ4v) is 1.99. The minimum atomic E-state index is 0.621. The molecule has 0 unspecified atom stereocenters. The molecule has 2 heterocycles. The normalized spacial score (nSPS) is 10.4. The fraction of sp³-hybridized carbons (Fsp3) is 0.462. The van der Waals surface area contributed by atoms with E-state index in [0.717, 1.165) is 17.8 Å². The molecule has 0 spiro atoms. The molecule has 0 amide bonds. The number of aromatic nitrogens is 4. The summed E-state index contributed by atoms with van der Waals surface area (Å²) >= 11 is 0. The predicted molar refractivity (Wildman–Crippen MR) is 78.0 cm³/mol. The second-order valence-corrected chi connectivity index (χ2v) is 4.40. The molecule has 2 rings (SSSR count). The Labute approximate surface area is 118 Å². The number of nitrogens with zero attached hydrogens (tertiary/aromatic N) is 4. The number of hydrogen-bond acceptors (Lipinski definition) is 6. The molecule has 108 valence electrons. The zero-order valence-corrected chi connectivity index (χ0v) is 12.3. The third-order valence-electron chi connectivity index (χ3n) is 2.91. The van der Waals surface area contributed by atoms with E-state index in [1.54, 1.807) is 11.8 Å². The summed E-state index contributed by atoms with van der Waals surface area (Å²) in [7, 11) is 3.52. The lowest BCUT2D eigenvalue weighted by Crippen LogP contribution is -2.08. The highest BCUT2D eigenvalue weighted by Crippen LogP contribution is 2.29. The summed E-state index contributed by atoms with van der Waals surface area (Å²) in [6, 6.07) is 0. The molecule has 0 fully saturated rings. The van der Waals surface area contributed by atoms with Crippen LogP contribution in [-0.2, 0) is 13.6 Å². The summed E-state index contributed by atoms with van der Waals surface area (Å²) in [6.07, 6.45) is 3.50. The van der Waals surface area contributed by atoms with E-state index in [0.29, 0.717) is 23.9 Å². The number of aryl methyl sites for hydroxylation is 2. The van der Waals surface area contributed by atoms with Crippen LogP contribution in [0, 0.1) is 6.92 Å². The van der Waals surface area contributed by atoms with E-state index in [9.17, 15) is 0 Å². The van der Waals surface area contributed by atoms with Crippen molar-refractivity contribution in [3.8, 4) is 5.75 Å². The average Bonchev–Trinajstić information content (AvgIpc) is 2.75. The smallest absolute Gasteiger partial charge is 0.204 e. The van der Waals surface area contributed by atoms with Crippen LogP contribution in [0.4, 0.5) is 11.6 Å². The molecule has 20 heavy (non-hydrogen) atoms. The molecule has 7 nitrogen and oxygen atoms in total. The maximum absolute atomic E-state index is 5.38. The van der Waals surface area contributed by atoms with Crippen molar-refractivity contribution >= 4 is 11.6 Å². The van der Waals surface area contributed by atoms with Gasteiger partial charge in [0.15, 0.2) is 11.6 Å². The third kappa shape index (κ3) is 2.98. The first-order valence-electron chi connectivity index (χ1n) is 6.51. The van der Waals surface area contributed by atoms with Gasteiger partial charge in [-0.05, 0) is 13.8 Å². The number of hydrogen-bond donors (Lipinski definition) is 2. The maximum atomic E-state index is 5.38. The van der Waals surface area contributed by atoms with Gasteiger partial charge < -0.3 is 15.4 Å². The van der Waals surface area contributed by atoms with E-state index in [1.807, 2.05) is 27.1 Å². The van der Waals surface area contributed by atoms with Crippen LogP contribution < -0.4 is 15.4 Å². The van der Waals surface area contributed by atoms with E-state index in [1.165, 1.54) is 6.33 Å². The molecule has 2 aromatic heterocycles. The van der Waals surface area contributed by atoms with Gasteiger partial charge in [-0.15, -0.1) is 0 Å². The van der Waals surface area contributed by atoms with Gasteiger partial charge in [-0.25, -0.2) is 9.97 Å². The molecule has 7 heteroatoms. The quantitative estimate of drug-likeness (QED) is 0.834. The van der Waals surface area contributed by atoms with Crippen LogP contribution in [0.1, 0.15) is 18.2 Å². The van der Waals surface area contributed by atoms with Gasteiger partial charge in [0.1, 0.15) is 6.33 Å². The SMILES string of the molecule is CCNc1ncnc(NCc2cn(C)nc2C)c1OC. The zero-order chi connectivity index (χ0) is 14.5. The van der Waals surface area contributed by atoms with Crippen molar-refractivity contribution in [1.29, 1.82) is 0 Å². The van der Waals surface area contributed by atoms with E-state index in [4.69, 9.17) is 4.74 Å². The molecule has 0 radical (unpaired) electrons. The van der Waals surface area contributed by atoms with Crippen molar-refractivity contribution < 1.29 is 4.74 Å². The summed E-state index contributed by atoms with van der Waals surface area (Å²) in [5.74, 6) is 1.98. The van der Waals surface area contributed by atoms with Gasteiger partial charge in [0.25, 0.3) is 0 Å². The fourth-order valence-electron chi connectivity index (χ4n) is 1.99. The van der Waals surface area contributed by atoms with E-state index >= 15 is 0 Å². The van der Waals surface area contributed by atoms with Crippen LogP contribution in [0.15, 0.2) is 12.5 Å². The predicted octanol–water partition coefficient (Wildman–Crippen LogP) is 1.57. The topological polar surface area (TPSA) is 76.9 Å². The van der Waals surface area contributed by atoms with Gasteiger partial charge in [0, 0.05) is 31.9 Å². The van der Waals surface area contributed by atoms with Gasteiger partial charge in [-0.3, -0.25) is 4.68 Å². The second-order valence-electron chi connectivity index (χ2n) is 4.40. The maximum Gasteiger partial charge on any atom is 0.204 e. The molecule has 0 aromatic carbocycles. The minimum Gasteiger partial charge on any atom is -0.490 e. The van der Waals surface area contributed by atoms with Gasteiger partial charge in [0.2, 0.25) is 5.75 Å². The number of rotatable bonds is 6. The van der Waals surface area contributed by atoms with Crippen molar-refractivity contribution in [1.82, 2.24) is 19.7 Å². The summed E-state index contributed by atoms with van der Waals surface area (Å²) in [5, 5.41) is 10.7. The standard InChI is InChI=1S/C13H20N6O/c1-5-14-12-11(20-4)13(17-8-16-12)15-6-10-7-19(3)18-9(10)2/h7-8H,5-6H2,1-4H3,(H2,14,15,16,17). The van der Waals surface area contributed by atoms with Crippen molar-refractivity contribution in [2.75, 3.05) is 24.3 Å². The zero-order valence-electron chi connectivity index (χ0n) is 12.3. The van der Waals surface area contributed by atoms with Gasteiger partial charge in [0.05, 0.1) is 12.8 Å². The molecule has 0 aliphatic carbocycles. The lowest BCUT2D eigenvalue weighted by atomic mass is 10.2. The van der Waals surface area contributed by atoms with E-state index in [2.05, 4.69) is 25.7 Å². The first-order chi connectivity index (χ1) is 9.65. The van der Waals surface area contributed by atoms with E-state index in [-0.39, 0.29) is 0 Å². The Morgan fingerprint density at radius 3 is 2.50 bits per heavy atom. The summed E-state index contributed by atoms with van der Waals surface area (Å²) in [6.45, 7) is 5.40. The van der Waals surface area contributed by atoms with Crippen molar-refractivity contribution in [3.63, 3.8) is 0 Å². The Morgan fingerprint density at radius 1 is 1.25 bits per heavy atom. The second kappa shape index (κ2) is 6.23. The Kier molecular flexibility index (Phi) is 4.39. The van der Waals surface area contributed by atoms with Gasteiger partial charge >= 0.3 is 0 Å². The number of methoxy groups -OCH3 is 1. The highest BCUT2D eigenvalue weighted by Gasteiger charge is 2.12. The van der Waals surface area contributed by atoms with E-state index < -0.39 is 0 Å². The highest BCUT2D eigenvalue weighted by atomic mass is 16.5. The average molecular weight is 276 g/mol. The number of ether oxygens (including phenoxy) is 1. The lowest BCUT2D eigenvalue weighted by Gasteiger charge is -2.13. The molecule has 0 bridgehead atoms. The summed E-state index contributed by atoms with van der Waals surface area (Å²) in [5.41, 5.74) is 2.12. The largest absolute Gasteiger partial charge is 0.490 e. The molecular formula is C13H20N6O. The molecule has 2 aromatic rings. The van der Waals surface area contributed by atoms with Crippen LogP contribution in [0.2, 0.25) is 0 Å². The molecule has 0 aliphatic rings. The van der Waals surface area contributed by atoms with Crippen LogP contribution in [0.25, 0.3) is 0 Å². The first-order valence-corrected chi connectivity index (χ1v) is 6.51. The van der Waals surface area contributed by atoms with Crippen molar-refractivity contribution in [2.45, 2.75) is 20.4 Å². The lowest BCUT2D eigenvalue weighted by molar-refractivity contribution is 0.414. The van der Waals surface area contributed by atoms with Gasteiger partial charge in [-0.2, -0.15) is 5.10 Å². The Balaban J connectivity index is 2.16. The number of nitrogens with one attached hydrogen (secondary N) is 2. The van der Waals surface area contributed by atoms with Crippen LogP contribution in [0.3, 0.4) is 0 Å². The summed E-state index contributed by atoms with van der Waals surface area (Å²) < 4.78 is 7.18. The highest BCUT2D eigenvalue weighted by molar-refractivity contribution is 5.63. The van der Waals surface area contributed by atoms with Crippen LogP contribution >= 0.6 is 0 Å². The third-order valence-corrected chi connectivity index (χ3v) is 2.91. The molecule has 0 saturated heterocycles. The molecular weight excluding hydrogens is 256 g/mol.